The summed E-state index contributed by atoms with van der Waals surface area (Å²) in [5.74, 6) is -0.851. The average molecular weight is 493 g/mol. The Balaban J connectivity index is 1.78. The zero-order chi connectivity index (χ0) is 25.5. The van der Waals surface area contributed by atoms with Gasteiger partial charge in [-0.05, 0) is 49.7 Å². The number of rotatable bonds is 4. The first kappa shape index (κ1) is 24.2. The van der Waals surface area contributed by atoms with Crippen molar-refractivity contribution >= 4 is 11.6 Å². The van der Waals surface area contributed by atoms with Crippen molar-refractivity contribution in [2.75, 3.05) is 0 Å². The van der Waals surface area contributed by atoms with Crippen molar-refractivity contribution in [1.82, 2.24) is 24.9 Å². The van der Waals surface area contributed by atoms with Crippen molar-refractivity contribution in [3.05, 3.63) is 94.2 Å². The lowest BCUT2D eigenvalue weighted by Gasteiger charge is -2.22. The van der Waals surface area contributed by atoms with Gasteiger partial charge in [0.05, 0.1) is 22.9 Å². The number of alkyl halides is 6. The summed E-state index contributed by atoms with van der Waals surface area (Å²) in [7, 11) is 0. The molecule has 1 N–H and O–H groups in total. The number of nitrogens with zero attached hydrogens (tertiary/aromatic N) is 4. The van der Waals surface area contributed by atoms with E-state index in [0.29, 0.717) is 17.0 Å². The van der Waals surface area contributed by atoms with E-state index in [1.807, 2.05) is 0 Å². The first-order valence-electron chi connectivity index (χ1n) is 10.2. The zero-order valence-corrected chi connectivity index (χ0v) is 18.2. The molecule has 35 heavy (non-hydrogen) atoms. The minimum absolute atomic E-state index is 0.0236. The maximum atomic E-state index is 13.7. The number of carbonyl (C=O) groups is 1. The molecule has 6 nitrogen and oxygen atoms in total. The first-order valence-corrected chi connectivity index (χ1v) is 10.2. The number of aromatic nitrogens is 4. The van der Waals surface area contributed by atoms with Gasteiger partial charge in [0.25, 0.3) is 5.91 Å². The van der Waals surface area contributed by atoms with Crippen LogP contribution in [0.2, 0.25) is 0 Å². The highest BCUT2D eigenvalue weighted by Crippen LogP contribution is 2.36. The van der Waals surface area contributed by atoms with E-state index < -0.39 is 41.1 Å². The molecule has 0 aliphatic heterocycles. The maximum absolute atomic E-state index is 13.7. The number of hydrogen-bond acceptors (Lipinski definition) is 4. The highest BCUT2D eigenvalue weighted by atomic mass is 19.4. The Bertz CT molecular complexity index is 1390. The van der Waals surface area contributed by atoms with Gasteiger partial charge in [-0.25, -0.2) is 9.50 Å². The monoisotopic (exact) mass is 493 g/mol. The molecule has 0 spiro atoms. The summed E-state index contributed by atoms with van der Waals surface area (Å²) in [6.07, 6.45) is -8.35. The molecule has 0 bridgehead atoms. The Morgan fingerprint density at radius 3 is 2.29 bits per heavy atom. The first-order chi connectivity index (χ1) is 16.3. The average Bonchev–Trinajstić information content (AvgIpc) is 3.21. The van der Waals surface area contributed by atoms with Crippen LogP contribution in [0.1, 0.15) is 50.3 Å². The molecule has 182 valence electrons. The van der Waals surface area contributed by atoms with Crippen LogP contribution in [0.3, 0.4) is 0 Å². The summed E-state index contributed by atoms with van der Waals surface area (Å²) in [4.78, 5) is 21.1. The SMILES string of the molecule is Cc1cc(C)n2nc(C(=O)N[C@@H](c3ccc(C(F)(F)F)cc3)c3ncccc3C(F)(F)F)cc2n1. The van der Waals surface area contributed by atoms with Crippen molar-refractivity contribution in [3.8, 4) is 0 Å². The number of aryl methyl sites for hydroxylation is 2. The van der Waals surface area contributed by atoms with Crippen LogP contribution in [-0.4, -0.2) is 25.5 Å². The van der Waals surface area contributed by atoms with Gasteiger partial charge in [-0.15, -0.1) is 0 Å². The number of halogens is 6. The van der Waals surface area contributed by atoms with E-state index in [-0.39, 0.29) is 11.3 Å². The summed E-state index contributed by atoms with van der Waals surface area (Å²) in [6, 6.07) is 6.91. The molecule has 0 aliphatic rings. The number of fused-ring (bicyclic) bond motifs is 1. The van der Waals surface area contributed by atoms with Gasteiger partial charge in [-0.3, -0.25) is 9.78 Å². The van der Waals surface area contributed by atoms with Gasteiger partial charge in [0.15, 0.2) is 11.3 Å². The lowest BCUT2D eigenvalue weighted by Crippen LogP contribution is -2.32. The Labute approximate surface area is 194 Å². The van der Waals surface area contributed by atoms with Crippen LogP contribution in [0.15, 0.2) is 54.7 Å². The number of pyridine rings is 1. The predicted molar refractivity (Wildman–Crippen MR) is 112 cm³/mol. The highest BCUT2D eigenvalue weighted by Gasteiger charge is 2.37. The van der Waals surface area contributed by atoms with Gasteiger partial charge in [0.2, 0.25) is 0 Å². The largest absolute Gasteiger partial charge is 0.418 e. The van der Waals surface area contributed by atoms with E-state index >= 15 is 0 Å². The third kappa shape index (κ3) is 4.96. The van der Waals surface area contributed by atoms with Crippen molar-refractivity contribution in [2.24, 2.45) is 0 Å². The van der Waals surface area contributed by atoms with Crippen LogP contribution < -0.4 is 5.32 Å². The molecule has 1 atom stereocenters. The fourth-order valence-corrected chi connectivity index (χ4v) is 3.66. The number of nitrogens with one attached hydrogen (secondary N) is 1. The second-order valence-corrected chi connectivity index (χ2v) is 7.80. The lowest BCUT2D eigenvalue weighted by atomic mass is 9.97. The third-order valence-electron chi connectivity index (χ3n) is 5.23. The van der Waals surface area contributed by atoms with Gasteiger partial charge in [-0.2, -0.15) is 31.4 Å². The molecule has 0 fully saturated rings. The topological polar surface area (TPSA) is 72.2 Å². The van der Waals surface area contributed by atoms with E-state index in [9.17, 15) is 31.1 Å². The van der Waals surface area contributed by atoms with Gasteiger partial charge >= 0.3 is 12.4 Å². The number of carbonyl (C=O) groups excluding carboxylic acids is 1. The zero-order valence-electron chi connectivity index (χ0n) is 18.2. The fourth-order valence-electron chi connectivity index (χ4n) is 3.66. The molecule has 3 aromatic heterocycles. The fraction of sp³-hybridized carbons (Fsp3) is 0.217. The Hall–Kier alpha value is -3.96. The molecular weight excluding hydrogens is 476 g/mol. The lowest BCUT2D eigenvalue weighted by molar-refractivity contribution is -0.139. The number of hydrogen-bond donors (Lipinski definition) is 1. The molecule has 0 saturated heterocycles. The van der Waals surface area contributed by atoms with E-state index in [1.54, 1.807) is 19.9 Å². The minimum Gasteiger partial charge on any atom is -0.338 e. The van der Waals surface area contributed by atoms with Crippen LogP contribution in [0.4, 0.5) is 26.3 Å². The van der Waals surface area contributed by atoms with E-state index in [0.717, 1.165) is 42.6 Å². The standard InChI is InChI=1S/C23H17F6N5O/c1-12-10-13(2)34-18(31-12)11-17(33-34)21(35)32-19(14-5-7-15(8-6-14)22(24,25)26)20-16(23(27,28)29)4-3-9-30-20/h3-11,19H,1-2H3,(H,32,35)/t19-/m0/s1. The van der Waals surface area contributed by atoms with Crippen molar-refractivity contribution in [3.63, 3.8) is 0 Å². The smallest absolute Gasteiger partial charge is 0.338 e. The summed E-state index contributed by atoms with van der Waals surface area (Å²) in [6.45, 7) is 3.49. The van der Waals surface area contributed by atoms with E-state index in [2.05, 4.69) is 20.4 Å². The van der Waals surface area contributed by atoms with Crippen molar-refractivity contribution in [2.45, 2.75) is 32.2 Å². The third-order valence-corrected chi connectivity index (χ3v) is 5.23. The molecule has 1 amide bonds. The number of amides is 1. The molecule has 4 rings (SSSR count). The molecule has 0 saturated carbocycles. The molecule has 0 aliphatic carbocycles. The number of benzene rings is 1. The van der Waals surface area contributed by atoms with Crippen LogP contribution >= 0.6 is 0 Å². The molecule has 0 radical (unpaired) electrons. The summed E-state index contributed by atoms with van der Waals surface area (Å²) in [5, 5.41) is 6.61. The molecule has 1 aromatic carbocycles. The molecule has 12 heteroatoms. The Kier molecular flexibility index (Phi) is 5.99. The molecule has 3 heterocycles. The minimum atomic E-state index is -4.82. The normalized spacial score (nSPS) is 13.1. The van der Waals surface area contributed by atoms with Gasteiger partial charge in [0, 0.05) is 23.7 Å². The summed E-state index contributed by atoms with van der Waals surface area (Å²) in [5.41, 5.74) is -1.14. The summed E-state index contributed by atoms with van der Waals surface area (Å²) >= 11 is 0. The van der Waals surface area contributed by atoms with E-state index in [4.69, 9.17) is 0 Å². The predicted octanol–water partition coefficient (Wildman–Crippen LogP) is 5.30. The van der Waals surface area contributed by atoms with E-state index in [1.165, 1.54) is 10.6 Å². The van der Waals surface area contributed by atoms with Crippen LogP contribution in [0, 0.1) is 13.8 Å². The second kappa shape index (κ2) is 8.67. The van der Waals surface area contributed by atoms with Gasteiger partial charge < -0.3 is 5.32 Å². The Morgan fingerprint density at radius 2 is 1.66 bits per heavy atom. The second-order valence-electron chi connectivity index (χ2n) is 7.80. The van der Waals surface area contributed by atoms with Gasteiger partial charge in [-0.1, -0.05) is 12.1 Å². The molecular formula is C23H17F6N5O. The quantitative estimate of drug-likeness (QED) is 0.392. The van der Waals surface area contributed by atoms with Crippen LogP contribution in [0.25, 0.3) is 5.65 Å². The highest BCUT2D eigenvalue weighted by molar-refractivity contribution is 5.93. The summed E-state index contributed by atoms with van der Waals surface area (Å²) < 4.78 is 81.5. The molecule has 4 aromatic rings. The van der Waals surface area contributed by atoms with Crippen molar-refractivity contribution in [1.29, 1.82) is 0 Å². The van der Waals surface area contributed by atoms with Crippen molar-refractivity contribution < 1.29 is 31.1 Å². The Morgan fingerprint density at radius 1 is 0.971 bits per heavy atom. The maximum Gasteiger partial charge on any atom is 0.418 e. The molecule has 0 unspecified atom stereocenters. The van der Waals surface area contributed by atoms with Gasteiger partial charge in [0.1, 0.15) is 0 Å². The van der Waals surface area contributed by atoms with Crippen LogP contribution in [-0.2, 0) is 12.4 Å². The van der Waals surface area contributed by atoms with Crippen LogP contribution in [0.5, 0.6) is 0 Å².